The van der Waals surface area contributed by atoms with Crippen molar-refractivity contribution in [3.63, 3.8) is 0 Å². The molecule has 1 aromatic carbocycles. The average molecular weight is 287 g/mol. The average Bonchev–Trinajstić information content (AvgIpc) is 2.49. The van der Waals surface area contributed by atoms with E-state index in [1.165, 1.54) is 12.1 Å². The molecule has 1 heterocycles. The molecule has 0 spiro atoms. The predicted molar refractivity (Wildman–Crippen MR) is 82.6 cm³/mol. The Bertz CT molecular complexity index is 642. The van der Waals surface area contributed by atoms with Gasteiger partial charge in [-0.1, -0.05) is 17.7 Å². The predicted octanol–water partition coefficient (Wildman–Crippen LogP) is 2.74. The Labute approximate surface area is 122 Å². The first-order chi connectivity index (χ1) is 10.0. The molecule has 0 aliphatic heterocycles. The van der Waals surface area contributed by atoms with E-state index < -0.39 is 4.92 Å². The zero-order valence-corrected chi connectivity index (χ0v) is 11.9. The highest BCUT2D eigenvalue weighted by atomic mass is 16.6. The molecule has 0 saturated heterocycles. The van der Waals surface area contributed by atoms with Gasteiger partial charge < -0.3 is 10.3 Å². The van der Waals surface area contributed by atoms with Crippen molar-refractivity contribution < 1.29 is 4.92 Å². The molecular weight excluding hydrogens is 270 g/mol. The number of nitrogens with one attached hydrogen (secondary N) is 1. The molecular formula is C14H17N5O2. The first-order valence-corrected chi connectivity index (χ1v) is 6.52. The molecule has 0 amide bonds. The van der Waals surface area contributed by atoms with Crippen molar-refractivity contribution in [3.8, 4) is 0 Å². The third-order valence-corrected chi connectivity index (χ3v) is 3.09. The molecule has 1 aromatic heterocycles. The quantitative estimate of drug-likeness (QED) is 0.498. The summed E-state index contributed by atoms with van der Waals surface area (Å²) in [5, 5.41) is 11.0. The van der Waals surface area contributed by atoms with Gasteiger partial charge in [-0.15, -0.1) is 0 Å². The van der Waals surface area contributed by atoms with E-state index in [1.54, 1.807) is 0 Å². The van der Waals surface area contributed by atoms with Gasteiger partial charge in [0.15, 0.2) is 0 Å². The summed E-state index contributed by atoms with van der Waals surface area (Å²) in [6.45, 7) is 4.58. The third-order valence-electron chi connectivity index (χ3n) is 3.09. The molecule has 2 aromatic rings. The molecule has 0 atom stereocenters. The minimum absolute atomic E-state index is 0.0569. The Hall–Kier alpha value is -2.67. The van der Waals surface area contributed by atoms with Crippen LogP contribution in [0.3, 0.4) is 0 Å². The van der Waals surface area contributed by atoms with Crippen LogP contribution in [0.15, 0.2) is 36.4 Å². The summed E-state index contributed by atoms with van der Waals surface area (Å²) in [5.74, 6) is 6.06. The molecule has 2 rings (SSSR count). The second-order valence-electron chi connectivity index (χ2n) is 4.55. The largest absolute Gasteiger partial charge is 0.326 e. The van der Waals surface area contributed by atoms with E-state index in [4.69, 9.17) is 5.84 Å². The molecule has 110 valence electrons. The summed E-state index contributed by atoms with van der Waals surface area (Å²) in [6, 6.07) is 10.6. The zero-order chi connectivity index (χ0) is 15.4. The fourth-order valence-electron chi connectivity index (χ4n) is 2.02. The molecule has 0 aliphatic rings. The zero-order valence-electron chi connectivity index (χ0n) is 11.9. The molecule has 0 unspecified atom stereocenters. The van der Waals surface area contributed by atoms with Crippen LogP contribution in [-0.2, 0) is 0 Å². The fraction of sp³-hybridized carbons (Fsp3) is 0.214. The Morgan fingerprint density at radius 3 is 2.52 bits per heavy atom. The number of hydrogen-bond donors (Lipinski definition) is 2. The molecule has 0 aliphatic carbocycles. The Kier molecular flexibility index (Phi) is 4.34. The number of nitrogen functional groups attached to an aromatic ring is 1. The maximum Gasteiger partial charge on any atom is 0.276 e. The summed E-state index contributed by atoms with van der Waals surface area (Å²) in [4.78, 5) is 16.7. The highest BCUT2D eigenvalue weighted by molar-refractivity contribution is 5.64. The lowest BCUT2D eigenvalue weighted by Crippen LogP contribution is -2.19. The number of hydrogen-bond acceptors (Lipinski definition) is 6. The van der Waals surface area contributed by atoms with Crippen molar-refractivity contribution >= 4 is 23.0 Å². The van der Waals surface area contributed by atoms with E-state index in [2.05, 4.69) is 10.4 Å². The number of anilines is 3. The lowest BCUT2D eigenvalue weighted by atomic mass is 10.2. The van der Waals surface area contributed by atoms with Crippen molar-refractivity contribution in [3.05, 3.63) is 52.1 Å². The van der Waals surface area contributed by atoms with E-state index in [0.717, 1.165) is 11.3 Å². The van der Waals surface area contributed by atoms with Gasteiger partial charge in [0.25, 0.3) is 5.69 Å². The van der Waals surface area contributed by atoms with Gasteiger partial charge in [-0.05, 0) is 26.0 Å². The number of nitro groups is 1. The first kappa shape index (κ1) is 14.7. The van der Waals surface area contributed by atoms with Gasteiger partial charge in [-0.3, -0.25) is 10.1 Å². The van der Waals surface area contributed by atoms with Gasteiger partial charge in [0.1, 0.15) is 11.6 Å². The van der Waals surface area contributed by atoms with Gasteiger partial charge in [-0.25, -0.2) is 10.8 Å². The van der Waals surface area contributed by atoms with Gasteiger partial charge >= 0.3 is 0 Å². The van der Waals surface area contributed by atoms with Gasteiger partial charge in [0.05, 0.1) is 17.1 Å². The highest BCUT2D eigenvalue weighted by Crippen LogP contribution is 2.28. The van der Waals surface area contributed by atoms with Crippen LogP contribution >= 0.6 is 0 Å². The standard InChI is InChI=1S/C14H17N5O2/c1-3-18(11-6-4-10(2)5-7-11)14-9-12(19(20)21)8-13(16-14)17-15/h4-9H,3,15H2,1-2H3,(H,16,17). The van der Waals surface area contributed by atoms with Gasteiger partial charge in [-0.2, -0.15) is 0 Å². The van der Waals surface area contributed by atoms with E-state index in [-0.39, 0.29) is 11.5 Å². The minimum atomic E-state index is -0.463. The molecule has 3 N–H and O–H groups in total. The summed E-state index contributed by atoms with van der Waals surface area (Å²) in [5.41, 5.74) is 4.36. The van der Waals surface area contributed by atoms with Crippen LogP contribution in [0, 0.1) is 17.0 Å². The van der Waals surface area contributed by atoms with E-state index in [9.17, 15) is 10.1 Å². The minimum Gasteiger partial charge on any atom is -0.326 e. The Morgan fingerprint density at radius 1 is 1.33 bits per heavy atom. The number of pyridine rings is 1. The van der Waals surface area contributed by atoms with Gasteiger partial charge in [0, 0.05) is 12.2 Å². The maximum absolute atomic E-state index is 11.0. The van der Waals surface area contributed by atoms with Crippen molar-refractivity contribution in [1.29, 1.82) is 0 Å². The number of benzene rings is 1. The van der Waals surface area contributed by atoms with E-state index >= 15 is 0 Å². The second-order valence-corrected chi connectivity index (χ2v) is 4.55. The Balaban J connectivity index is 2.48. The van der Waals surface area contributed by atoms with Crippen LogP contribution in [0.25, 0.3) is 0 Å². The number of nitrogens with zero attached hydrogens (tertiary/aromatic N) is 3. The van der Waals surface area contributed by atoms with Crippen LogP contribution < -0.4 is 16.2 Å². The Morgan fingerprint density at radius 2 is 2.00 bits per heavy atom. The molecule has 0 saturated carbocycles. The second kappa shape index (κ2) is 6.19. The summed E-state index contributed by atoms with van der Waals surface area (Å²) in [6.07, 6.45) is 0. The number of rotatable bonds is 5. The molecule has 0 radical (unpaired) electrons. The SMILES string of the molecule is CCN(c1ccc(C)cc1)c1cc([N+](=O)[O-])cc(NN)n1. The van der Waals surface area contributed by atoms with Crippen molar-refractivity contribution in [2.75, 3.05) is 16.9 Å². The molecule has 0 fully saturated rings. The summed E-state index contributed by atoms with van der Waals surface area (Å²) < 4.78 is 0. The van der Waals surface area contributed by atoms with Crippen molar-refractivity contribution in [1.82, 2.24) is 4.98 Å². The summed E-state index contributed by atoms with van der Waals surface area (Å²) in [7, 11) is 0. The molecule has 21 heavy (non-hydrogen) atoms. The van der Waals surface area contributed by atoms with Crippen LogP contribution in [0.5, 0.6) is 0 Å². The lowest BCUT2D eigenvalue weighted by molar-refractivity contribution is -0.384. The van der Waals surface area contributed by atoms with Crippen LogP contribution in [0.2, 0.25) is 0 Å². The van der Waals surface area contributed by atoms with E-state index in [1.807, 2.05) is 43.0 Å². The molecule has 7 heteroatoms. The lowest BCUT2D eigenvalue weighted by Gasteiger charge is -2.22. The number of aromatic nitrogens is 1. The van der Waals surface area contributed by atoms with Crippen molar-refractivity contribution in [2.45, 2.75) is 13.8 Å². The van der Waals surface area contributed by atoms with Gasteiger partial charge in [0.2, 0.25) is 0 Å². The molecule has 0 bridgehead atoms. The number of aryl methyl sites for hydroxylation is 1. The summed E-state index contributed by atoms with van der Waals surface area (Å²) >= 11 is 0. The monoisotopic (exact) mass is 287 g/mol. The maximum atomic E-state index is 11.0. The number of nitrogens with two attached hydrogens (primary N) is 1. The third kappa shape index (κ3) is 3.26. The normalized spacial score (nSPS) is 10.2. The highest BCUT2D eigenvalue weighted by Gasteiger charge is 2.16. The van der Waals surface area contributed by atoms with Crippen LogP contribution in [0.1, 0.15) is 12.5 Å². The smallest absolute Gasteiger partial charge is 0.276 e. The van der Waals surface area contributed by atoms with E-state index in [0.29, 0.717) is 12.4 Å². The fourth-order valence-corrected chi connectivity index (χ4v) is 2.02. The van der Waals surface area contributed by atoms with Crippen LogP contribution in [0.4, 0.5) is 23.0 Å². The van der Waals surface area contributed by atoms with Crippen molar-refractivity contribution in [2.24, 2.45) is 5.84 Å². The first-order valence-electron chi connectivity index (χ1n) is 6.52. The molecule has 7 nitrogen and oxygen atoms in total. The van der Waals surface area contributed by atoms with Crippen LogP contribution in [-0.4, -0.2) is 16.5 Å². The topological polar surface area (TPSA) is 97.3 Å². The number of hydrazine groups is 1.